The van der Waals surface area contributed by atoms with E-state index in [2.05, 4.69) is 4.98 Å². The van der Waals surface area contributed by atoms with Crippen LogP contribution in [0.1, 0.15) is 0 Å². The second-order valence-corrected chi connectivity index (χ2v) is 3.74. The molecule has 0 saturated heterocycles. The Balaban J connectivity index is 3.28. The van der Waals surface area contributed by atoms with E-state index < -0.39 is 10.0 Å². The van der Waals surface area contributed by atoms with Crippen LogP contribution in [0.2, 0.25) is 5.15 Å². The van der Waals surface area contributed by atoms with E-state index in [0.29, 0.717) is 0 Å². The van der Waals surface area contributed by atoms with Gasteiger partial charge in [-0.05, 0) is 12.1 Å². The van der Waals surface area contributed by atoms with Crippen LogP contribution >= 0.6 is 11.6 Å². The Labute approximate surface area is 69.1 Å². The molecule has 1 aromatic rings. The predicted octanol–water partition coefficient (Wildman–Crippen LogP) is 0.382. The molecule has 60 valence electrons. The molecule has 0 aliphatic heterocycles. The summed E-state index contributed by atoms with van der Waals surface area (Å²) in [7, 11) is -3.72. The summed E-state index contributed by atoms with van der Waals surface area (Å²) >= 11 is 5.42. The Morgan fingerprint density at radius 3 is 2.45 bits per heavy atom. The molecule has 1 heterocycles. The van der Waals surface area contributed by atoms with E-state index in [0.717, 1.165) is 0 Å². The van der Waals surface area contributed by atoms with Crippen LogP contribution in [0.3, 0.4) is 0 Å². The van der Waals surface area contributed by atoms with Gasteiger partial charge in [-0.3, -0.25) is 0 Å². The fourth-order valence-electron chi connectivity index (χ4n) is 0.548. The first-order chi connectivity index (χ1) is 5.00. The molecule has 2 N–H and O–H groups in total. The standard InChI is InChI=1S/C5H5ClN2O2S/c6-4-2-1-3-5(8-4)11(7,9)10/h1-3H,(H2,7,9,10). The number of hydrogen-bond donors (Lipinski definition) is 1. The Hall–Kier alpha value is -0.650. The molecule has 11 heavy (non-hydrogen) atoms. The third-order valence-corrected chi connectivity index (χ3v) is 2.00. The number of aromatic nitrogens is 1. The average Bonchev–Trinajstić information content (AvgIpc) is 1.86. The third-order valence-electron chi connectivity index (χ3n) is 0.981. The second-order valence-electron chi connectivity index (χ2n) is 1.84. The van der Waals surface area contributed by atoms with Crippen LogP contribution in [0, 0.1) is 0 Å². The van der Waals surface area contributed by atoms with Gasteiger partial charge in [0.05, 0.1) is 0 Å². The van der Waals surface area contributed by atoms with Crippen molar-refractivity contribution in [2.24, 2.45) is 5.14 Å². The molecule has 0 aliphatic rings. The van der Waals surface area contributed by atoms with Gasteiger partial charge in [0.2, 0.25) is 0 Å². The molecule has 0 saturated carbocycles. The van der Waals surface area contributed by atoms with Crippen LogP contribution in [-0.4, -0.2) is 13.4 Å². The number of nitrogens with two attached hydrogens (primary N) is 1. The number of rotatable bonds is 1. The maximum Gasteiger partial charge on any atom is 0.255 e. The summed E-state index contributed by atoms with van der Waals surface area (Å²) in [6.45, 7) is 0. The Kier molecular flexibility index (Phi) is 2.12. The number of primary sulfonamides is 1. The van der Waals surface area contributed by atoms with E-state index in [1.54, 1.807) is 0 Å². The van der Waals surface area contributed by atoms with Crippen molar-refractivity contribution in [1.82, 2.24) is 4.98 Å². The van der Waals surface area contributed by atoms with Crippen LogP contribution in [0.15, 0.2) is 23.2 Å². The SMILES string of the molecule is NS(=O)(=O)c1cccc(Cl)n1. The monoisotopic (exact) mass is 192 g/mol. The molecule has 0 atom stereocenters. The highest BCUT2D eigenvalue weighted by molar-refractivity contribution is 7.89. The highest BCUT2D eigenvalue weighted by Gasteiger charge is 2.08. The topological polar surface area (TPSA) is 73.1 Å². The number of halogens is 1. The minimum absolute atomic E-state index is 0.108. The largest absolute Gasteiger partial charge is 0.255 e. The summed E-state index contributed by atoms with van der Waals surface area (Å²) < 4.78 is 21.3. The fourth-order valence-corrected chi connectivity index (χ4v) is 1.26. The zero-order valence-electron chi connectivity index (χ0n) is 5.36. The molecule has 0 spiro atoms. The molecule has 1 aromatic heterocycles. The number of nitrogens with zero attached hydrogens (tertiary/aromatic N) is 1. The normalized spacial score (nSPS) is 11.5. The Morgan fingerprint density at radius 1 is 1.45 bits per heavy atom. The van der Waals surface area contributed by atoms with Gasteiger partial charge in [0, 0.05) is 0 Å². The average molecular weight is 193 g/mol. The van der Waals surface area contributed by atoms with E-state index in [1.807, 2.05) is 0 Å². The van der Waals surface area contributed by atoms with Gasteiger partial charge in [-0.25, -0.2) is 18.5 Å². The molecule has 0 radical (unpaired) electrons. The van der Waals surface area contributed by atoms with Crippen LogP contribution in [0.5, 0.6) is 0 Å². The minimum Gasteiger partial charge on any atom is -0.223 e. The molecular formula is C5H5ClN2O2S. The number of pyridine rings is 1. The molecule has 0 aromatic carbocycles. The quantitative estimate of drug-likeness (QED) is 0.654. The Bertz CT molecular complexity index is 363. The Morgan fingerprint density at radius 2 is 2.09 bits per heavy atom. The molecule has 6 heteroatoms. The van der Waals surface area contributed by atoms with Gasteiger partial charge in [-0.1, -0.05) is 17.7 Å². The first-order valence-electron chi connectivity index (χ1n) is 2.65. The smallest absolute Gasteiger partial charge is 0.223 e. The van der Waals surface area contributed by atoms with Crippen molar-refractivity contribution in [3.8, 4) is 0 Å². The maximum atomic E-state index is 10.6. The zero-order valence-corrected chi connectivity index (χ0v) is 6.93. The van der Waals surface area contributed by atoms with Crippen LogP contribution in [0.25, 0.3) is 0 Å². The van der Waals surface area contributed by atoms with Crippen molar-refractivity contribution in [3.05, 3.63) is 23.4 Å². The van der Waals surface area contributed by atoms with Crippen LogP contribution in [0.4, 0.5) is 0 Å². The van der Waals surface area contributed by atoms with Gasteiger partial charge < -0.3 is 0 Å². The third kappa shape index (κ3) is 2.14. The van der Waals surface area contributed by atoms with E-state index in [9.17, 15) is 8.42 Å². The first-order valence-corrected chi connectivity index (χ1v) is 4.58. The molecule has 4 nitrogen and oxygen atoms in total. The lowest BCUT2D eigenvalue weighted by Gasteiger charge is -1.95. The predicted molar refractivity (Wildman–Crippen MR) is 40.6 cm³/mol. The second kappa shape index (κ2) is 2.77. The van der Waals surface area contributed by atoms with E-state index >= 15 is 0 Å². The minimum atomic E-state index is -3.72. The van der Waals surface area contributed by atoms with E-state index in [1.165, 1.54) is 18.2 Å². The summed E-state index contributed by atoms with van der Waals surface area (Å²) in [6.07, 6.45) is 0. The van der Waals surface area contributed by atoms with Crippen molar-refractivity contribution >= 4 is 21.6 Å². The van der Waals surface area contributed by atoms with Gasteiger partial charge >= 0.3 is 0 Å². The van der Waals surface area contributed by atoms with Gasteiger partial charge in [0.15, 0.2) is 5.03 Å². The van der Waals surface area contributed by atoms with Gasteiger partial charge in [0.25, 0.3) is 10.0 Å². The van der Waals surface area contributed by atoms with Crippen LogP contribution in [-0.2, 0) is 10.0 Å². The number of sulfonamides is 1. The molecular weight excluding hydrogens is 188 g/mol. The van der Waals surface area contributed by atoms with Crippen molar-refractivity contribution < 1.29 is 8.42 Å². The fraction of sp³-hybridized carbons (Fsp3) is 0. The number of hydrogen-bond acceptors (Lipinski definition) is 3. The van der Waals surface area contributed by atoms with Crippen molar-refractivity contribution in [2.45, 2.75) is 5.03 Å². The zero-order chi connectivity index (χ0) is 8.48. The highest BCUT2D eigenvalue weighted by Crippen LogP contribution is 2.07. The van der Waals surface area contributed by atoms with E-state index in [-0.39, 0.29) is 10.2 Å². The molecule has 0 fully saturated rings. The van der Waals surface area contributed by atoms with Crippen LogP contribution < -0.4 is 5.14 Å². The van der Waals surface area contributed by atoms with E-state index in [4.69, 9.17) is 16.7 Å². The lowest BCUT2D eigenvalue weighted by Crippen LogP contribution is -2.13. The molecule has 0 unspecified atom stereocenters. The van der Waals surface area contributed by atoms with Crippen molar-refractivity contribution in [2.75, 3.05) is 0 Å². The summed E-state index contributed by atoms with van der Waals surface area (Å²) in [5, 5.41) is 4.67. The van der Waals surface area contributed by atoms with Gasteiger partial charge in [0.1, 0.15) is 5.15 Å². The highest BCUT2D eigenvalue weighted by atomic mass is 35.5. The molecule has 0 aliphatic carbocycles. The summed E-state index contributed by atoms with van der Waals surface area (Å²) in [5.74, 6) is 0. The van der Waals surface area contributed by atoms with Crippen molar-refractivity contribution in [3.63, 3.8) is 0 Å². The molecule has 0 amide bonds. The molecule has 1 rings (SSSR count). The van der Waals surface area contributed by atoms with Crippen molar-refractivity contribution in [1.29, 1.82) is 0 Å². The summed E-state index contributed by atoms with van der Waals surface area (Å²) in [4.78, 5) is 3.50. The van der Waals surface area contributed by atoms with Gasteiger partial charge in [-0.2, -0.15) is 0 Å². The lowest BCUT2D eigenvalue weighted by molar-refractivity contribution is 0.594. The lowest BCUT2D eigenvalue weighted by atomic mass is 10.5. The van der Waals surface area contributed by atoms with Gasteiger partial charge in [-0.15, -0.1) is 0 Å². The molecule has 0 bridgehead atoms. The summed E-state index contributed by atoms with van der Waals surface area (Å²) in [6, 6.07) is 4.21. The summed E-state index contributed by atoms with van der Waals surface area (Å²) in [5.41, 5.74) is 0. The maximum absolute atomic E-state index is 10.6. The first kappa shape index (κ1) is 8.45.